The second-order valence-corrected chi connectivity index (χ2v) is 8.30. The molecule has 1 fully saturated rings. The number of rotatable bonds is 5. The molecule has 0 N–H and O–H groups in total. The molecule has 1 aromatic heterocycles. The Balaban J connectivity index is 1.38. The van der Waals surface area contributed by atoms with Gasteiger partial charge in [-0.2, -0.15) is 5.26 Å². The van der Waals surface area contributed by atoms with Crippen molar-refractivity contribution in [2.24, 2.45) is 11.8 Å². The lowest BCUT2D eigenvalue weighted by Crippen LogP contribution is -2.22. The number of hydrogen-bond donors (Lipinski definition) is 0. The van der Waals surface area contributed by atoms with Crippen molar-refractivity contribution in [3.05, 3.63) is 83.1 Å². The summed E-state index contributed by atoms with van der Waals surface area (Å²) in [6.45, 7) is 4.43. The average Bonchev–Trinajstić information content (AvgIpc) is 3.25. The quantitative estimate of drug-likeness (QED) is 0.528. The molecule has 146 valence electrons. The zero-order chi connectivity index (χ0) is 20.2. The first-order valence-corrected chi connectivity index (χ1v) is 10.5. The first kappa shape index (κ1) is 19.5. The third kappa shape index (κ3) is 4.44. The van der Waals surface area contributed by atoms with Crippen LogP contribution in [0.25, 0.3) is 11.1 Å². The van der Waals surface area contributed by atoms with Crippen LogP contribution in [0.3, 0.4) is 0 Å². The van der Waals surface area contributed by atoms with Gasteiger partial charge in [0.1, 0.15) is 6.07 Å². The van der Waals surface area contributed by atoms with Crippen LogP contribution in [0.15, 0.2) is 67.0 Å². The number of hydrogen-bond acceptors (Lipinski definition) is 3. The second kappa shape index (κ2) is 8.68. The summed E-state index contributed by atoms with van der Waals surface area (Å²) in [4.78, 5) is 6.59. The molecule has 1 aliphatic rings. The van der Waals surface area contributed by atoms with Crippen LogP contribution in [-0.4, -0.2) is 18.1 Å². The zero-order valence-electron chi connectivity index (χ0n) is 16.6. The summed E-state index contributed by atoms with van der Waals surface area (Å²) in [5, 5.41) is 9.60. The summed E-state index contributed by atoms with van der Waals surface area (Å²) in [5.74, 6) is 1.26. The van der Waals surface area contributed by atoms with E-state index in [4.69, 9.17) is 16.9 Å². The third-order valence-electron chi connectivity index (χ3n) is 5.97. The second-order valence-electron chi connectivity index (χ2n) is 7.89. The van der Waals surface area contributed by atoms with Crippen LogP contribution < -0.4 is 4.90 Å². The molecule has 0 bridgehead atoms. The van der Waals surface area contributed by atoms with Crippen molar-refractivity contribution in [2.45, 2.75) is 19.8 Å². The molecule has 0 radical (unpaired) electrons. The van der Waals surface area contributed by atoms with Crippen LogP contribution in [-0.2, 0) is 6.42 Å². The summed E-state index contributed by atoms with van der Waals surface area (Å²) in [5.41, 5.74) is 5.39. The minimum absolute atomic E-state index is 0.536. The molecule has 4 rings (SSSR count). The van der Waals surface area contributed by atoms with E-state index < -0.39 is 0 Å². The highest BCUT2D eigenvalue weighted by atomic mass is 35.5. The lowest BCUT2D eigenvalue weighted by Gasteiger charge is -2.22. The molecule has 2 aromatic carbocycles. The minimum atomic E-state index is 0.536. The first-order valence-electron chi connectivity index (χ1n) is 10.1. The van der Waals surface area contributed by atoms with E-state index in [2.05, 4.69) is 53.2 Å². The first-order chi connectivity index (χ1) is 14.1. The van der Waals surface area contributed by atoms with E-state index in [1.54, 1.807) is 6.20 Å². The van der Waals surface area contributed by atoms with Gasteiger partial charge in [-0.1, -0.05) is 48.9 Å². The summed E-state index contributed by atoms with van der Waals surface area (Å²) in [6.07, 6.45) is 5.98. The highest BCUT2D eigenvalue weighted by molar-refractivity contribution is 6.32. The molecule has 0 amide bonds. The zero-order valence-corrected chi connectivity index (χ0v) is 17.3. The molecule has 29 heavy (non-hydrogen) atoms. The van der Waals surface area contributed by atoms with Gasteiger partial charge in [0.15, 0.2) is 0 Å². The highest BCUT2D eigenvalue weighted by Gasteiger charge is 2.27. The Morgan fingerprint density at radius 3 is 2.69 bits per heavy atom. The van der Waals surface area contributed by atoms with Crippen molar-refractivity contribution < 1.29 is 0 Å². The van der Waals surface area contributed by atoms with Gasteiger partial charge in [0.25, 0.3) is 0 Å². The van der Waals surface area contributed by atoms with Crippen LogP contribution in [0.5, 0.6) is 0 Å². The predicted octanol–water partition coefficient (Wildman–Crippen LogP) is 5.98. The Hall–Kier alpha value is -2.83. The highest BCUT2D eigenvalue weighted by Crippen LogP contribution is 2.32. The van der Waals surface area contributed by atoms with E-state index in [1.165, 1.54) is 17.5 Å². The number of anilines is 1. The minimum Gasteiger partial charge on any atom is -0.371 e. The van der Waals surface area contributed by atoms with Gasteiger partial charge in [-0.25, -0.2) is 0 Å². The van der Waals surface area contributed by atoms with Crippen molar-refractivity contribution in [2.75, 3.05) is 18.0 Å². The molecule has 3 nitrogen and oxygen atoms in total. The fraction of sp³-hybridized carbons (Fsp3) is 0.280. The van der Waals surface area contributed by atoms with Gasteiger partial charge in [-0.15, -0.1) is 0 Å². The van der Waals surface area contributed by atoms with E-state index in [-0.39, 0.29) is 0 Å². The maximum absolute atomic E-state index is 9.06. The summed E-state index contributed by atoms with van der Waals surface area (Å²) in [7, 11) is 0. The average molecular weight is 402 g/mol. The van der Waals surface area contributed by atoms with E-state index in [0.717, 1.165) is 30.8 Å². The predicted molar refractivity (Wildman–Crippen MR) is 119 cm³/mol. The Labute approximate surface area is 177 Å². The SMILES string of the molecule is CC(Cc1ccc(-c2cccnc2)cc1)C1CCN(c2ccc(C#N)c(Cl)c2)C1. The van der Waals surface area contributed by atoms with Crippen LogP contribution >= 0.6 is 11.6 Å². The lowest BCUT2D eigenvalue weighted by atomic mass is 9.87. The van der Waals surface area contributed by atoms with E-state index >= 15 is 0 Å². The van der Waals surface area contributed by atoms with Crippen LogP contribution in [0.2, 0.25) is 5.02 Å². The number of nitrogens with zero attached hydrogens (tertiary/aromatic N) is 3. The summed E-state index contributed by atoms with van der Waals surface area (Å²) < 4.78 is 0. The molecular weight excluding hydrogens is 378 g/mol. The van der Waals surface area contributed by atoms with Gasteiger partial charge in [0, 0.05) is 31.2 Å². The molecule has 0 aliphatic carbocycles. The van der Waals surface area contributed by atoms with Crippen molar-refractivity contribution in [1.29, 1.82) is 5.26 Å². The van der Waals surface area contributed by atoms with E-state index in [0.29, 0.717) is 22.4 Å². The molecule has 1 saturated heterocycles. The molecule has 3 aromatic rings. The van der Waals surface area contributed by atoms with Gasteiger partial charge in [0.05, 0.1) is 10.6 Å². The van der Waals surface area contributed by atoms with Crippen LogP contribution in [0.1, 0.15) is 24.5 Å². The standard InChI is InChI=1S/C25H24ClN3/c1-18(13-19-4-6-20(7-5-19)22-3-2-11-28-16-22)23-10-12-29(17-23)24-9-8-21(15-27)25(26)14-24/h2-9,11,14,16,18,23H,10,12-13,17H2,1H3. The van der Waals surface area contributed by atoms with Crippen molar-refractivity contribution in [3.8, 4) is 17.2 Å². The van der Waals surface area contributed by atoms with Gasteiger partial charge >= 0.3 is 0 Å². The van der Waals surface area contributed by atoms with Crippen LogP contribution in [0, 0.1) is 23.2 Å². The van der Waals surface area contributed by atoms with Gasteiger partial charge < -0.3 is 4.90 Å². The van der Waals surface area contributed by atoms with Crippen molar-refractivity contribution >= 4 is 17.3 Å². The lowest BCUT2D eigenvalue weighted by molar-refractivity contribution is 0.388. The largest absolute Gasteiger partial charge is 0.371 e. The fourth-order valence-corrected chi connectivity index (χ4v) is 4.40. The molecule has 2 atom stereocenters. The monoisotopic (exact) mass is 401 g/mol. The molecule has 0 saturated carbocycles. The normalized spacial score (nSPS) is 17.1. The number of benzene rings is 2. The number of nitriles is 1. The Bertz CT molecular complexity index is 1010. The maximum Gasteiger partial charge on any atom is 0.101 e. The molecule has 2 heterocycles. The third-order valence-corrected chi connectivity index (χ3v) is 6.29. The molecular formula is C25H24ClN3. The smallest absolute Gasteiger partial charge is 0.101 e. The fourth-order valence-electron chi connectivity index (χ4n) is 4.18. The van der Waals surface area contributed by atoms with E-state index in [1.807, 2.05) is 30.5 Å². The number of aromatic nitrogens is 1. The molecule has 0 spiro atoms. The molecule has 2 unspecified atom stereocenters. The van der Waals surface area contributed by atoms with Crippen molar-refractivity contribution in [1.82, 2.24) is 4.98 Å². The molecule has 4 heteroatoms. The van der Waals surface area contributed by atoms with Crippen LogP contribution in [0.4, 0.5) is 5.69 Å². The summed E-state index contributed by atoms with van der Waals surface area (Å²) in [6, 6.07) is 20.8. The number of halogens is 1. The Kier molecular flexibility index (Phi) is 5.83. The Morgan fingerprint density at radius 1 is 1.17 bits per heavy atom. The molecule has 1 aliphatic heterocycles. The van der Waals surface area contributed by atoms with Gasteiger partial charge in [-0.3, -0.25) is 4.98 Å². The summed E-state index contributed by atoms with van der Waals surface area (Å²) >= 11 is 6.22. The van der Waals surface area contributed by atoms with Crippen molar-refractivity contribution in [3.63, 3.8) is 0 Å². The topological polar surface area (TPSA) is 39.9 Å². The maximum atomic E-state index is 9.06. The number of pyridine rings is 1. The van der Waals surface area contributed by atoms with E-state index in [9.17, 15) is 0 Å². The van der Waals surface area contributed by atoms with Gasteiger partial charge in [-0.05, 0) is 65.6 Å². The Morgan fingerprint density at radius 2 is 2.00 bits per heavy atom. The van der Waals surface area contributed by atoms with Gasteiger partial charge in [0.2, 0.25) is 0 Å².